The topological polar surface area (TPSA) is 66.6 Å². The molecule has 4 nitrogen and oxygen atoms in total. The molecular weight excluding hydrogens is 271 g/mol. The van der Waals surface area contributed by atoms with E-state index in [2.05, 4.69) is 0 Å². The summed E-state index contributed by atoms with van der Waals surface area (Å²) in [6, 6.07) is 12.3. The highest BCUT2D eigenvalue weighted by Crippen LogP contribution is 2.32. The molecule has 1 heterocycles. The molecule has 0 radical (unpaired) electrons. The van der Waals surface area contributed by atoms with Gasteiger partial charge in [-0.15, -0.1) is 0 Å². The summed E-state index contributed by atoms with van der Waals surface area (Å²) in [7, 11) is 0. The Morgan fingerprint density at radius 3 is 2.71 bits per heavy atom. The van der Waals surface area contributed by atoms with E-state index in [1.54, 1.807) is 36.4 Å². The molecule has 21 heavy (non-hydrogen) atoms. The summed E-state index contributed by atoms with van der Waals surface area (Å²) in [5.41, 5.74) is 7.68. The molecule has 3 rings (SSSR count). The van der Waals surface area contributed by atoms with Crippen molar-refractivity contribution < 1.29 is 14.3 Å². The monoisotopic (exact) mass is 286 g/mol. The van der Waals surface area contributed by atoms with Gasteiger partial charge in [-0.3, -0.25) is 4.79 Å². The minimum atomic E-state index is -1.01. The van der Waals surface area contributed by atoms with Crippen LogP contribution in [0.1, 0.15) is 33.8 Å². The molecule has 1 aliphatic heterocycles. The number of aliphatic hydroxyl groups is 1. The fourth-order valence-corrected chi connectivity index (χ4v) is 2.59. The maximum Gasteiger partial charge on any atom is 0.256 e. The van der Waals surface area contributed by atoms with Gasteiger partial charge in [-0.1, -0.05) is 30.3 Å². The second kappa shape index (κ2) is 5.27. The van der Waals surface area contributed by atoms with Crippen molar-refractivity contribution in [2.45, 2.75) is 12.3 Å². The SMILES string of the molecule is NC(CN1C(=O)c2ccccc2C1O)c1cccc(F)c1. The third-order valence-electron chi connectivity index (χ3n) is 3.70. The van der Waals surface area contributed by atoms with Crippen molar-refractivity contribution in [1.82, 2.24) is 4.90 Å². The molecule has 2 aromatic rings. The number of nitrogens with two attached hydrogens (primary N) is 1. The summed E-state index contributed by atoms with van der Waals surface area (Å²) in [4.78, 5) is 13.6. The van der Waals surface area contributed by atoms with Crippen LogP contribution >= 0.6 is 0 Å². The van der Waals surface area contributed by atoms with Gasteiger partial charge in [-0.25, -0.2) is 4.39 Å². The zero-order chi connectivity index (χ0) is 15.0. The maximum atomic E-state index is 13.2. The summed E-state index contributed by atoms with van der Waals surface area (Å²) in [5, 5.41) is 10.2. The van der Waals surface area contributed by atoms with Crippen LogP contribution in [0.15, 0.2) is 48.5 Å². The van der Waals surface area contributed by atoms with E-state index in [1.165, 1.54) is 17.0 Å². The molecule has 0 aromatic heterocycles. The number of rotatable bonds is 3. The van der Waals surface area contributed by atoms with Gasteiger partial charge in [-0.2, -0.15) is 0 Å². The van der Waals surface area contributed by atoms with Crippen molar-refractivity contribution in [2.75, 3.05) is 6.54 Å². The quantitative estimate of drug-likeness (QED) is 0.906. The van der Waals surface area contributed by atoms with Gasteiger partial charge in [0.1, 0.15) is 5.82 Å². The number of nitrogens with zero attached hydrogens (tertiary/aromatic N) is 1. The summed E-state index contributed by atoms with van der Waals surface area (Å²) < 4.78 is 13.2. The number of amides is 1. The second-order valence-corrected chi connectivity index (χ2v) is 5.08. The first-order valence-electron chi connectivity index (χ1n) is 6.67. The van der Waals surface area contributed by atoms with E-state index < -0.39 is 12.3 Å². The van der Waals surface area contributed by atoms with E-state index in [0.717, 1.165) is 0 Å². The van der Waals surface area contributed by atoms with Crippen LogP contribution in [0, 0.1) is 5.82 Å². The number of hydrogen-bond acceptors (Lipinski definition) is 3. The lowest BCUT2D eigenvalue weighted by molar-refractivity contribution is 0.0150. The number of carbonyl (C=O) groups is 1. The largest absolute Gasteiger partial charge is 0.369 e. The van der Waals surface area contributed by atoms with Gasteiger partial charge in [0.05, 0.1) is 0 Å². The zero-order valence-corrected chi connectivity index (χ0v) is 11.2. The highest BCUT2D eigenvalue weighted by molar-refractivity contribution is 5.98. The van der Waals surface area contributed by atoms with E-state index in [-0.39, 0.29) is 18.3 Å². The molecule has 1 aliphatic rings. The molecule has 5 heteroatoms. The molecule has 2 aromatic carbocycles. The number of hydrogen-bond donors (Lipinski definition) is 2. The minimum absolute atomic E-state index is 0.123. The van der Waals surface area contributed by atoms with Crippen LogP contribution in [-0.4, -0.2) is 22.5 Å². The first kappa shape index (κ1) is 13.7. The van der Waals surface area contributed by atoms with Crippen molar-refractivity contribution in [2.24, 2.45) is 5.73 Å². The van der Waals surface area contributed by atoms with Crippen LogP contribution in [-0.2, 0) is 0 Å². The average Bonchev–Trinajstić information content (AvgIpc) is 2.73. The lowest BCUT2D eigenvalue weighted by Gasteiger charge is -2.24. The molecule has 0 bridgehead atoms. The molecule has 0 aliphatic carbocycles. The average molecular weight is 286 g/mol. The lowest BCUT2D eigenvalue weighted by Crippen LogP contribution is -2.35. The number of fused-ring (bicyclic) bond motifs is 1. The fourth-order valence-electron chi connectivity index (χ4n) is 2.59. The Bertz CT molecular complexity index is 689. The van der Waals surface area contributed by atoms with Crippen LogP contribution in [0.25, 0.3) is 0 Å². The number of halogens is 1. The predicted octanol–water partition coefficient (Wildman–Crippen LogP) is 1.97. The maximum absolute atomic E-state index is 13.2. The zero-order valence-electron chi connectivity index (χ0n) is 11.2. The molecule has 0 saturated carbocycles. The van der Waals surface area contributed by atoms with E-state index >= 15 is 0 Å². The van der Waals surface area contributed by atoms with Gasteiger partial charge in [0.2, 0.25) is 0 Å². The van der Waals surface area contributed by atoms with Crippen molar-refractivity contribution >= 4 is 5.91 Å². The standard InChI is InChI=1S/C16H15FN2O2/c17-11-5-3-4-10(8-11)14(18)9-19-15(20)12-6-1-2-7-13(12)16(19)21/h1-8,14-15,20H,9,18H2. The summed E-state index contributed by atoms with van der Waals surface area (Å²) >= 11 is 0. The van der Waals surface area contributed by atoms with E-state index in [0.29, 0.717) is 16.7 Å². The normalized spacial score (nSPS) is 18.7. The smallest absolute Gasteiger partial charge is 0.256 e. The molecule has 1 amide bonds. The fraction of sp³-hybridized carbons (Fsp3) is 0.188. The third kappa shape index (κ3) is 2.41. The molecule has 2 atom stereocenters. The summed E-state index contributed by atoms with van der Waals surface area (Å²) in [6.45, 7) is 0.123. The Morgan fingerprint density at radius 1 is 1.24 bits per heavy atom. The van der Waals surface area contributed by atoms with Gasteiger partial charge in [-0.05, 0) is 23.8 Å². The van der Waals surface area contributed by atoms with Gasteiger partial charge in [0.25, 0.3) is 5.91 Å². The first-order valence-corrected chi connectivity index (χ1v) is 6.67. The Hall–Kier alpha value is -2.24. The molecule has 0 spiro atoms. The van der Waals surface area contributed by atoms with Crippen LogP contribution < -0.4 is 5.73 Å². The molecule has 2 unspecified atom stereocenters. The van der Waals surface area contributed by atoms with Gasteiger partial charge < -0.3 is 15.7 Å². The predicted molar refractivity (Wildman–Crippen MR) is 75.8 cm³/mol. The van der Waals surface area contributed by atoms with Crippen molar-refractivity contribution in [3.8, 4) is 0 Å². The van der Waals surface area contributed by atoms with Crippen molar-refractivity contribution in [3.63, 3.8) is 0 Å². The summed E-state index contributed by atoms with van der Waals surface area (Å²) in [5.74, 6) is -0.635. The van der Waals surface area contributed by atoms with Gasteiger partial charge in [0.15, 0.2) is 6.23 Å². The molecule has 0 saturated heterocycles. The lowest BCUT2D eigenvalue weighted by atomic mass is 10.1. The first-order chi connectivity index (χ1) is 10.1. The second-order valence-electron chi connectivity index (χ2n) is 5.08. The van der Waals surface area contributed by atoms with E-state index in [4.69, 9.17) is 5.73 Å². The van der Waals surface area contributed by atoms with Gasteiger partial charge >= 0.3 is 0 Å². The van der Waals surface area contributed by atoms with Crippen LogP contribution in [0.3, 0.4) is 0 Å². The van der Waals surface area contributed by atoms with Gasteiger partial charge in [0, 0.05) is 23.7 Å². The third-order valence-corrected chi connectivity index (χ3v) is 3.70. The Morgan fingerprint density at radius 2 is 2.00 bits per heavy atom. The summed E-state index contributed by atoms with van der Waals surface area (Å²) in [6.07, 6.45) is -1.01. The van der Waals surface area contributed by atoms with Crippen LogP contribution in [0.5, 0.6) is 0 Å². The Labute approximate surface area is 121 Å². The Balaban J connectivity index is 1.82. The van der Waals surface area contributed by atoms with Crippen molar-refractivity contribution in [1.29, 1.82) is 0 Å². The van der Waals surface area contributed by atoms with Crippen LogP contribution in [0.4, 0.5) is 4.39 Å². The highest BCUT2D eigenvalue weighted by atomic mass is 19.1. The van der Waals surface area contributed by atoms with Crippen molar-refractivity contribution in [3.05, 3.63) is 71.0 Å². The minimum Gasteiger partial charge on any atom is -0.369 e. The number of benzene rings is 2. The molecule has 0 fully saturated rings. The highest BCUT2D eigenvalue weighted by Gasteiger charge is 2.35. The van der Waals surface area contributed by atoms with E-state index in [1.807, 2.05) is 0 Å². The molecular formula is C16H15FN2O2. The molecule has 3 N–H and O–H groups in total. The van der Waals surface area contributed by atoms with E-state index in [9.17, 15) is 14.3 Å². The Kier molecular flexibility index (Phi) is 3.45. The van der Waals surface area contributed by atoms with Crippen LogP contribution in [0.2, 0.25) is 0 Å². The number of carbonyl (C=O) groups excluding carboxylic acids is 1. The molecule has 108 valence electrons. The number of aliphatic hydroxyl groups excluding tert-OH is 1.